The molecular weight excluding hydrogens is 232 g/mol. The molecule has 1 aromatic carbocycles. The highest BCUT2D eigenvalue weighted by Crippen LogP contribution is 2.37. The molecule has 18 heavy (non-hydrogen) atoms. The summed E-state index contributed by atoms with van der Waals surface area (Å²) in [5.74, 6) is 0.478. The Hall–Kier alpha value is -1.71. The van der Waals surface area contributed by atoms with Crippen molar-refractivity contribution in [1.29, 1.82) is 0 Å². The minimum absolute atomic E-state index is 0.0399. The van der Waals surface area contributed by atoms with Gasteiger partial charge in [-0.1, -0.05) is 13.8 Å². The molecule has 0 spiro atoms. The zero-order valence-corrected chi connectivity index (χ0v) is 11.2. The van der Waals surface area contributed by atoms with E-state index in [0.29, 0.717) is 30.3 Å². The lowest BCUT2D eigenvalue weighted by Gasteiger charge is -2.13. The number of hydrogen-bond acceptors (Lipinski definition) is 4. The van der Waals surface area contributed by atoms with E-state index in [9.17, 15) is 9.90 Å². The van der Waals surface area contributed by atoms with E-state index < -0.39 is 0 Å². The van der Waals surface area contributed by atoms with Crippen molar-refractivity contribution in [3.8, 4) is 17.2 Å². The molecule has 0 aliphatic rings. The van der Waals surface area contributed by atoms with Gasteiger partial charge in [0.25, 0.3) is 0 Å². The highest BCUT2D eigenvalue weighted by atomic mass is 16.5. The summed E-state index contributed by atoms with van der Waals surface area (Å²) < 4.78 is 10.8. The van der Waals surface area contributed by atoms with Crippen molar-refractivity contribution in [3.05, 3.63) is 17.7 Å². The molecule has 0 heterocycles. The Labute approximate surface area is 108 Å². The Balaban J connectivity index is 3.07. The standard InChI is InChI=1S/C14H20O4/c1-4-6-17-12-8-11(10(3)15)9-13(14(12)16)18-7-5-2/h8-9,16H,4-7H2,1-3H3. The maximum Gasteiger partial charge on any atom is 0.200 e. The van der Waals surface area contributed by atoms with Crippen LogP contribution in [0.25, 0.3) is 0 Å². The fraction of sp³-hybridized carbons (Fsp3) is 0.500. The summed E-state index contributed by atoms with van der Waals surface area (Å²) in [5, 5.41) is 9.99. The lowest BCUT2D eigenvalue weighted by atomic mass is 10.1. The second kappa shape index (κ2) is 6.89. The van der Waals surface area contributed by atoms with Crippen LogP contribution in [0.3, 0.4) is 0 Å². The van der Waals surface area contributed by atoms with Gasteiger partial charge in [-0.3, -0.25) is 4.79 Å². The van der Waals surface area contributed by atoms with Crippen LogP contribution in [0, 0.1) is 0 Å². The highest BCUT2D eigenvalue weighted by Gasteiger charge is 2.14. The average molecular weight is 252 g/mol. The van der Waals surface area contributed by atoms with Gasteiger partial charge in [0.2, 0.25) is 5.75 Å². The van der Waals surface area contributed by atoms with E-state index >= 15 is 0 Å². The number of ketones is 1. The van der Waals surface area contributed by atoms with Gasteiger partial charge in [0.1, 0.15) is 0 Å². The predicted molar refractivity (Wildman–Crippen MR) is 69.7 cm³/mol. The molecule has 0 unspecified atom stereocenters. The molecule has 4 heteroatoms. The molecule has 1 rings (SSSR count). The molecule has 100 valence electrons. The van der Waals surface area contributed by atoms with Crippen LogP contribution >= 0.6 is 0 Å². The fourth-order valence-electron chi connectivity index (χ4n) is 1.43. The number of aromatic hydroxyl groups is 1. The second-order valence-corrected chi connectivity index (χ2v) is 4.07. The van der Waals surface area contributed by atoms with Crippen molar-refractivity contribution in [1.82, 2.24) is 0 Å². The van der Waals surface area contributed by atoms with Crippen LogP contribution in [-0.4, -0.2) is 24.1 Å². The number of hydrogen-bond donors (Lipinski definition) is 1. The first-order valence-electron chi connectivity index (χ1n) is 6.23. The summed E-state index contributed by atoms with van der Waals surface area (Å²) in [6.07, 6.45) is 1.66. The molecule has 0 atom stereocenters. The number of phenolic OH excluding ortho intramolecular Hbond substituents is 1. The molecule has 0 radical (unpaired) electrons. The van der Waals surface area contributed by atoms with E-state index in [1.807, 2.05) is 13.8 Å². The molecular formula is C14H20O4. The monoisotopic (exact) mass is 252 g/mol. The van der Waals surface area contributed by atoms with E-state index in [2.05, 4.69) is 0 Å². The van der Waals surface area contributed by atoms with Crippen LogP contribution in [0.5, 0.6) is 17.2 Å². The van der Waals surface area contributed by atoms with Crippen molar-refractivity contribution in [2.75, 3.05) is 13.2 Å². The van der Waals surface area contributed by atoms with E-state index in [0.717, 1.165) is 12.8 Å². The van der Waals surface area contributed by atoms with Crippen LogP contribution in [0.4, 0.5) is 0 Å². The van der Waals surface area contributed by atoms with Crippen molar-refractivity contribution in [2.24, 2.45) is 0 Å². The summed E-state index contributed by atoms with van der Waals surface area (Å²) in [5.41, 5.74) is 0.477. The number of Topliss-reactive ketones (excluding diaryl/α,β-unsaturated/α-hetero) is 1. The highest BCUT2D eigenvalue weighted by molar-refractivity contribution is 5.95. The van der Waals surface area contributed by atoms with Crippen molar-refractivity contribution in [2.45, 2.75) is 33.6 Å². The minimum Gasteiger partial charge on any atom is -0.502 e. The van der Waals surface area contributed by atoms with Crippen LogP contribution < -0.4 is 9.47 Å². The van der Waals surface area contributed by atoms with Crippen LogP contribution in [0.2, 0.25) is 0 Å². The van der Waals surface area contributed by atoms with E-state index in [-0.39, 0.29) is 11.5 Å². The van der Waals surface area contributed by atoms with Gasteiger partial charge in [-0.25, -0.2) is 0 Å². The van der Waals surface area contributed by atoms with Gasteiger partial charge in [-0.15, -0.1) is 0 Å². The van der Waals surface area contributed by atoms with Crippen molar-refractivity contribution < 1.29 is 19.4 Å². The van der Waals surface area contributed by atoms with Gasteiger partial charge in [0.05, 0.1) is 13.2 Å². The molecule has 0 saturated heterocycles. The third-order valence-corrected chi connectivity index (χ3v) is 2.37. The Morgan fingerprint density at radius 2 is 1.56 bits per heavy atom. The van der Waals surface area contributed by atoms with Crippen molar-refractivity contribution in [3.63, 3.8) is 0 Å². The molecule has 0 bridgehead atoms. The number of rotatable bonds is 7. The molecule has 0 aromatic heterocycles. The number of carbonyl (C=O) groups excluding carboxylic acids is 1. The number of ether oxygens (including phenoxy) is 2. The summed E-state index contributed by atoms with van der Waals surface area (Å²) >= 11 is 0. The zero-order chi connectivity index (χ0) is 13.5. The topological polar surface area (TPSA) is 55.8 Å². The Morgan fingerprint density at radius 3 is 1.89 bits per heavy atom. The summed E-state index contributed by atoms with van der Waals surface area (Å²) in [6.45, 7) is 6.39. The minimum atomic E-state index is -0.0855. The predicted octanol–water partition coefficient (Wildman–Crippen LogP) is 3.17. The molecule has 1 N–H and O–H groups in total. The van der Waals surface area contributed by atoms with Crippen molar-refractivity contribution >= 4 is 5.78 Å². The van der Waals surface area contributed by atoms with Gasteiger partial charge in [0.15, 0.2) is 17.3 Å². The van der Waals surface area contributed by atoms with Crippen LogP contribution in [0.15, 0.2) is 12.1 Å². The number of phenols is 1. The Bertz CT molecular complexity index is 383. The normalized spacial score (nSPS) is 10.2. The van der Waals surface area contributed by atoms with Crippen LogP contribution in [-0.2, 0) is 0 Å². The molecule has 0 amide bonds. The maximum atomic E-state index is 11.4. The zero-order valence-electron chi connectivity index (χ0n) is 11.2. The summed E-state index contributed by atoms with van der Waals surface area (Å²) in [6, 6.07) is 3.10. The first kappa shape index (κ1) is 14.4. The SMILES string of the molecule is CCCOc1cc(C(C)=O)cc(OCCC)c1O. The molecule has 1 aromatic rings. The van der Waals surface area contributed by atoms with Gasteiger partial charge in [-0.2, -0.15) is 0 Å². The third kappa shape index (κ3) is 3.65. The van der Waals surface area contributed by atoms with Gasteiger partial charge in [0, 0.05) is 5.56 Å². The largest absolute Gasteiger partial charge is 0.502 e. The second-order valence-electron chi connectivity index (χ2n) is 4.07. The summed E-state index contributed by atoms with van der Waals surface area (Å²) in [7, 11) is 0. The molecule has 0 saturated carbocycles. The smallest absolute Gasteiger partial charge is 0.200 e. The Kier molecular flexibility index (Phi) is 5.49. The number of carbonyl (C=O) groups is 1. The lowest BCUT2D eigenvalue weighted by molar-refractivity contribution is 0.101. The first-order valence-corrected chi connectivity index (χ1v) is 6.23. The Morgan fingerprint density at radius 1 is 1.11 bits per heavy atom. The molecule has 0 fully saturated rings. The van der Waals surface area contributed by atoms with E-state index in [1.54, 1.807) is 12.1 Å². The number of benzene rings is 1. The maximum absolute atomic E-state index is 11.4. The first-order chi connectivity index (χ1) is 8.60. The molecule has 4 nitrogen and oxygen atoms in total. The van der Waals surface area contributed by atoms with Gasteiger partial charge in [-0.05, 0) is 31.9 Å². The lowest BCUT2D eigenvalue weighted by Crippen LogP contribution is -2.02. The van der Waals surface area contributed by atoms with E-state index in [1.165, 1.54) is 6.92 Å². The quantitative estimate of drug-likeness (QED) is 0.757. The molecule has 0 aliphatic carbocycles. The third-order valence-electron chi connectivity index (χ3n) is 2.37. The molecule has 0 aliphatic heterocycles. The summed E-state index contributed by atoms with van der Waals surface area (Å²) in [4.78, 5) is 11.4. The van der Waals surface area contributed by atoms with Gasteiger partial charge >= 0.3 is 0 Å². The van der Waals surface area contributed by atoms with Crippen LogP contribution in [0.1, 0.15) is 44.0 Å². The van der Waals surface area contributed by atoms with E-state index in [4.69, 9.17) is 9.47 Å². The average Bonchev–Trinajstić information content (AvgIpc) is 2.35. The fourth-order valence-corrected chi connectivity index (χ4v) is 1.43. The van der Waals surface area contributed by atoms with Gasteiger partial charge < -0.3 is 14.6 Å².